The van der Waals surface area contributed by atoms with Crippen LogP contribution in [-0.4, -0.2) is 34.6 Å². The lowest BCUT2D eigenvalue weighted by Crippen LogP contribution is -2.47. The molecule has 5 nitrogen and oxygen atoms in total. The quantitative estimate of drug-likeness (QED) is 0.588. The lowest BCUT2D eigenvalue weighted by atomic mass is 9.85. The fourth-order valence-corrected chi connectivity index (χ4v) is 5.43. The van der Waals surface area contributed by atoms with E-state index in [1.165, 1.54) is 25.3 Å². The molecule has 0 radical (unpaired) electrons. The predicted molar refractivity (Wildman–Crippen MR) is 130 cm³/mol. The van der Waals surface area contributed by atoms with Gasteiger partial charge in [-0.15, -0.1) is 0 Å². The summed E-state index contributed by atoms with van der Waals surface area (Å²) in [5, 5.41) is 3.34. The van der Waals surface area contributed by atoms with E-state index in [1.54, 1.807) is 6.07 Å². The lowest BCUT2D eigenvalue weighted by molar-refractivity contribution is -0.126. The van der Waals surface area contributed by atoms with Crippen molar-refractivity contribution in [3.05, 3.63) is 59.9 Å². The van der Waals surface area contributed by atoms with Gasteiger partial charge in [0, 0.05) is 30.6 Å². The average molecular weight is 449 g/mol. The summed E-state index contributed by atoms with van der Waals surface area (Å²) in [7, 11) is 0. The van der Waals surface area contributed by atoms with Crippen molar-refractivity contribution in [1.82, 2.24) is 14.9 Å². The highest BCUT2D eigenvalue weighted by molar-refractivity contribution is 5.80. The molecule has 2 atom stereocenters. The highest BCUT2D eigenvalue weighted by Crippen LogP contribution is 2.29. The molecule has 0 spiro atoms. The van der Waals surface area contributed by atoms with Gasteiger partial charge in [0.15, 0.2) is 0 Å². The molecular weight excluding hydrogens is 415 g/mol. The number of hydrogen-bond donors (Lipinski definition) is 1. The van der Waals surface area contributed by atoms with Crippen molar-refractivity contribution in [2.24, 2.45) is 11.8 Å². The van der Waals surface area contributed by atoms with Crippen LogP contribution in [-0.2, 0) is 11.3 Å². The molecule has 2 aromatic carbocycles. The van der Waals surface area contributed by atoms with Gasteiger partial charge in [-0.1, -0.05) is 50.1 Å². The molecule has 33 heavy (non-hydrogen) atoms. The van der Waals surface area contributed by atoms with Crippen LogP contribution in [0.5, 0.6) is 0 Å². The molecule has 1 N–H and O–H groups in total. The summed E-state index contributed by atoms with van der Waals surface area (Å²) < 4.78 is 16.5. The first kappa shape index (κ1) is 21.9. The molecule has 1 amide bonds. The number of imidazole rings is 1. The Hall–Kier alpha value is -2.89. The number of carbonyl (C=O) groups is 1. The van der Waals surface area contributed by atoms with Gasteiger partial charge in [-0.05, 0) is 49.8 Å². The van der Waals surface area contributed by atoms with Crippen molar-refractivity contribution < 1.29 is 9.18 Å². The summed E-state index contributed by atoms with van der Waals surface area (Å²) in [4.78, 5) is 20.1. The summed E-state index contributed by atoms with van der Waals surface area (Å²) in [6.45, 7) is 4.24. The van der Waals surface area contributed by atoms with E-state index in [0.29, 0.717) is 24.1 Å². The molecule has 2 fully saturated rings. The van der Waals surface area contributed by atoms with Crippen molar-refractivity contribution in [2.75, 3.05) is 18.0 Å². The molecule has 0 bridgehead atoms. The van der Waals surface area contributed by atoms with Crippen LogP contribution in [0, 0.1) is 17.7 Å². The number of aromatic nitrogens is 2. The maximum atomic E-state index is 14.4. The number of piperidine rings is 1. The fourth-order valence-electron chi connectivity index (χ4n) is 5.43. The highest BCUT2D eigenvalue weighted by atomic mass is 19.1. The van der Waals surface area contributed by atoms with Crippen LogP contribution < -0.4 is 10.2 Å². The molecule has 5 rings (SSSR count). The summed E-state index contributed by atoms with van der Waals surface area (Å²) in [5.74, 6) is 1.50. The van der Waals surface area contributed by atoms with Crippen LogP contribution in [0.4, 0.5) is 10.3 Å². The van der Waals surface area contributed by atoms with Crippen LogP contribution in [0.15, 0.2) is 48.5 Å². The number of benzene rings is 2. The second-order valence-electron chi connectivity index (χ2n) is 9.72. The van der Waals surface area contributed by atoms with E-state index in [9.17, 15) is 9.18 Å². The zero-order chi connectivity index (χ0) is 22.8. The number of fused-ring (bicyclic) bond motifs is 1. The number of nitrogens with one attached hydrogen (secondary N) is 1. The van der Waals surface area contributed by atoms with Gasteiger partial charge in [0.2, 0.25) is 11.9 Å². The first-order chi connectivity index (χ1) is 16.1. The minimum atomic E-state index is -0.200. The van der Waals surface area contributed by atoms with E-state index in [-0.39, 0.29) is 17.6 Å². The highest BCUT2D eigenvalue weighted by Gasteiger charge is 2.30. The smallest absolute Gasteiger partial charge is 0.223 e. The summed E-state index contributed by atoms with van der Waals surface area (Å²) in [5.41, 5.74) is 2.56. The van der Waals surface area contributed by atoms with Gasteiger partial charge in [0.25, 0.3) is 0 Å². The van der Waals surface area contributed by atoms with Gasteiger partial charge >= 0.3 is 0 Å². The third-order valence-electron chi connectivity index (χ3n) is 7.51. The van der Waals surface area contributed by atoms with E-state index in [1.807, 2.05) is 36.4 Å². The standard InChI is InChI=1S/C27H33FN4O/c1-19-8-2-5-11-23(19)29-26(33)20-14-16-31(17-15-20)27-30-24-12-6-7-13-25(24)32(27)18-21-9-3-4-10-22(21)28/h3-4,6-7,9-10,12-13,19-20,23H,2,5,8,11,14-18H2,1H3,(H,29,33)/t19-,23-/m0/s1. The van der Waals surface area contributed by atoms with Crippen molar-refractivity contribution in [3.63, 3.8) is 0 Å². The fraction of sp³-hybridized carbons (Fsp3) is 0.481. The minimum Gasteiger partial charge on any atom is -0.353 e. The molecule has 2 aliphatic rings. The maximum Gasteiger partial charge on any atom is 0.223 e. The Morgan fingerprint density at radius 3 is 2.55 bits per heavy atom. The van der Waals surface area contributed by atoms with Gasteiger partial charge < -0.3 is 14.8 Å². The minimum absolute atomic E-state index is 0.0553. The Bertz CT molecular complexity index is 1120. The Labute approximate surface area is 195 Å². The number of carbonyl (C=O) groups excluding carboxylic acids is 1. The van der Waals surface area contributed by atoms with Gasteiger partial charge in [0.1, 0.15) is 5.82 Å². The van der Waals surface area contributed by atoms with Crippen molar-refractivity contribution in [1.29, 1.82) is 0 Å². The second-order valence-corrected chi connectivity index (χ2v) is 9.72. The molecule has 1 aliphatic carbocycles. The molecule has 3 aromatic rings. The van der Waals surface area contributed by atoms with Crippen molar-refractivity contribution in [2.45, 2.75) is 58.0 Å². The molecule has 1 saturated carbocycles. The number of nitrogens with zero attached hydrogens (tertiary/aromatic N) is 3. The predicted octanol–water partition coefficient (Wildman–Crippen LogP) is 5.14. The van der Waals surface area contributed by atoms with Gasteiger partial charge in [-0.2, -0.15) is 0 Å². The van der Waals surface area contributed by atoms with Crippen LogP contribution in [0.3, 0.4) is 0 Å². The number of rotatable bonds is 5. The monoisotopic (exact) mass is 448 g/mol. The third kappa shape index (κ3) is 4.61. The maximum absolute atomic E-state index is 14.4. The third-order valence-corrected chi connectivity index (χ3v) is 7.51. The van der Waals surface area contributed by atoms with Crippen LogP contribution in [0.25, 0.3) is 11.0 Å². The number of para-hydroxylation sites is 2. The first-order valence-electron chi connectivity index (χ1n) is 12.3. The number of amides is 1. The Morgan fingerprint density at radius 1 is 1.03 bits per heavy atom. The number of hydrogen-bond acceptors (Lipinski definition) is 3. The van der Waals surface area contributed by atoms with Crippen LogP contribution in [0.1, 0.15) is 51.0 Å². The SMILES string of the molecule is C[C@H]1CCCC[C@@H]1NC(=O)C1CCN(c2nc3ccccc3n2Cc2ccccc2F)CC1. The zero-order valence-electron chi connectivity index (χ0n) is 19.3. The van der Waals surface area contributed by atoms with Gasteiger partial charge in [-0.3, -0.25) is 4.79 Å². The zero-order valence-corrected chi connectivity index (χ0v) is 19.3. The van der Waals surface area contributed by atoms with Crippen LogP contribution in [0.2, 0.25) is 0 Å². The second kappa shape index (κ2) is 9.54. The molecule has 0 unspecified atom stereocenters. The van der Waals surface area contributed by atoms with E-state index in [2.05, 4.69) is 21.7 Å². The lowest BCUT2D eigenvalue weighted by Gasteiger charge is -2.35. The van der Waals surface area contributed by atoms with Crippen LogP contribution >= 0.6 is 0 Å². The Morgan fingerprint density at radius 2 is 1.76 bits per heavy atom. The molecule has 1 aromatic heterocycles. The number of halogens is 1. The van der Waals surface area contributed by atoms with Gasteiger partial charge in [0.05, 0.1) is 17.6 Å². The molecule has 1 saturated heterocycles. The largest absolute Gasteiger partial charge is 0.353 e. The van der Waals surface area contributed by atoms with E-state index in [4.69, 9.17) is 4.98 Å². The summed E-state index contributed by atoms with van der Waals surface area (Å²) in [6, 6.07) is 15.3. The summed E-state index contributed by atoms with van der Waals surface area (Å²) >= 11 is 0. The van der Waals surface area contributed by atoms with E-state index >= 15 is 0 Å². The molecule has 174 valence electrons. The average Bonchev–Trinajstić information content (AvgIpc) is 3.20. The molecule has 6 heteroatoms. The first-order valence-corrected chi connectivity index (χ1v) is 12.3. The number of anilines is 1. The normalized spacial score (nSPS) is 21.9. The molecule has 1 aliphatic heterocycles. The van der Waals surface area contributed by atoms with Gasteiger partial charge in [-0.25, -0.2) is 9.37 Å². The Balaban J connectivity index is 1.31. The molecule has 2 heterocycles. The van der Waals surface area contributed by atoms with E-state index < -0.39 is 0 Å². The summed E-state index contributed by atoms with van der Waals surface area (Å²) in [6.07, 6.45) is 6.44. The van der Waals surface area contributed by atoms with Crippen molar-refractivity contribution in [3.8, 4) is 0 Å². The Kier molecular flexibility index (Phi) is 6.34. The van der Waals surface area contributed by atoms with Crippen molar-refractivity contribution >= 4 is 22.9 Å². The topological polar surface area (TPSA) is 50.2 Å². The molecular formula is C27H33FN4O. The van der Waals surface area contributed by atoms with E-state index in [0.717, 1.165) is 49.3 Å².